The summed E-state index contributed by atoms with van der Waals surface area (Å²) in [5.41, 5.74) is -0.628. The van der Waals surface area contributed by atoms with Crippen LogP contribution in [0.25, 0.3) is 0 Å². The monoisotopic (exact) mass is 261 g/mol. The molecule has 5 heteroatoms. The maximum absolute atomic E-state index is 12.3. The van der Waals surface area contributed by atoms with Gasteiger partial charge in [-0.05, 0) is 33.6 Å². The molecular formula is C12H20ClNO3. The molecule has 1 heterocycles. The molecule has 0 radical (unpaired) electrons. The van der Waals surface area contributed by atoms with Crippen LogP contribution in [-0.4, -0.2) is 41.8 Å². The fourth-order valence-corrected chi connectivity index (χ4v) is 2.05. The summed E-state index contributed by atoms with van der Waals surface area (Å²) >= 11 is 5.79. The van der Waals surface area contributed by atoms with Crippen LogP contribution in [0, 0.1) is 5.41 Å². The molecule has 1 aliphatic rings. The molecule has 1 unspecified atom stereocenters. The van der Waals surface area contributed by atoms with E-state index in [1.807, 2.05) is 0 Å². The third kappa shape index (κ3) is 3.12. The van der Waals surface area contributed by atoms with Crippen LogP contribution in [0.2, 0.25) is 0 Å². The van der Waals surface area contributed by atoms with Crippen molar-refractivity contribution in [1.29, 1.82) is 0 Å². The van der Waals surface area contributed by atoms with E-state index in [1.165, 1.54) is 0 Å². The van der Waals surface area contributed by atoms with E-state index in [4.69, 9.17) is 16.3 Å². The molecule has 1 rings (SSSR count). The molecule has 0 aliphatic carbocycles. The van der Waals surface area contributed by atoms with Gasteiger partial charge in [-0.15, -0.1) is 11.6 Å². The Labute approximate surface area is 107 Å². The number of halogens is 1. The van der Waals surface area contributed by atoms with Crippen molar-refractivity contribution in [3.05, 3.63) is 0 Å². The van der Waals surface area contributed by atoms with Crippen LogP contribution in [0.4, 0.5) is 0 Å². The van der Waals surface area contributed by atoms with E-state index in [0.717, 1.165) is 6.42 Å². The van der Waals surface area contributed by atoms with E-state index in [9.17, 15) is 9.59 Å². The van der Waals surface area contributed by atoms with Gasteiger partial charge in [0.05, 0.1) is 12.0 Å². The Morgan fingerprint density at radius 3 is 2.65 bits per heavy atom. The highest BCUT2D eigenvalue weighted by Gasteiger charge is 2.40. The highest BCUT2D eigenvalue weighted by Crippen LogP contribution is 2.27. The number of nitrogens with zero attached hydrogens (tertiary/aromatic N) is 1. The van der Waals surface area contributed by atoms with Crippen molar-refractivity contribution in [2.24, 2.45) is 5.41 Å². The van der Waals surface area contributed by atoms with Gasteiger partial charge in [-0.3, -0.25) is 4.79 Å². The van der Waals surface area contributed by atoms with E-state index in [0.29, 0.717) is 19.6 Å². The SMILES string of the molecule is CCOC(=O)C1CCCN1C(=O)C(C)(C)CCl. The van der Waals surface area contributed by atoms with Crippen LogP contribution in [0.3, 0.4) is 0 Å². The fourth-order valence-electron chi connectivity index (χ4n) is 1.94. The number of amides is 1. The van der Waals surface area contributed by atoms with Crippen molar-refractivity contribution in [2.75, 3.05) is 19.0 Å². The van der Waals surface area contributed by atoms with E-state index in [1.54, 1.807) is 25.7 Å². The van der Waals surface area contributed by atoms with Gasteiger partial charge in [-0.25, -0.2) is 4.79 Å². The molecule has 0 N–H and O–H groups in total. The molecule has 0 spiro atoms. The van der Waals surface area contributed by atoms with Gasteiger partial charge in [0.2, 0.25) is 5.91 Å². The molecule has 0 aromatic rings. The summed E-state index contributed by atoms with van der Waals surface area (Å²) in [6, 6.07) is -0.426. The second-order valence-electron chi connectivity index (χ2n) is 4.93. The zero-order valence-electron chi connectivity index (χ0n) is 10.7. The largest absolute Gasteiger partial charge is 0.464 e. The van der Waals surface area contributed by atoms with Gasteiger partial charge in [-0.1, -0.05) is 0 Å². The summed E-state index contributed by atoms with van der Waals surface area (Å²) in [5, 5.41) is 0. The van der Waals surface area contributed by atoms with E-state index in [2.05, 4.69) is 0 Å². The second-order valence-corrected chi connectivity index (χ2v) is 5.19. The third-order valence-corrected chi connectivity index (χ3v) is 3.65. The maximum Gasteiger partial charge on any atom is 0.328 e. The molecule has 0 aromatic carbocycles. The van der Waals surface area contributed by atoms with E-state index < -0.39 is 11.5 Å². The summed E-state index contributed by atoms with van der Waals surface area (Å²) in [5.74, 6) is -0.121. The smallest absolute Gasteiger partial charge is 0.328 e. The molecular weight excluding hydrogens is 242 g/mol. The van der Waals surface area contributed by atoms with E-state index >= 15 is 0 Å². The number of hydrogen-bond acceptors (Lipinski definition) is 3. The normalized spacial score (nSPS) is 20.5. The minimum atomic E-state index is -0.628. The summed E-state index contributed by atoms with van der Waals surface area (Å²) < 4.78 is 4.99. The summed E-state index contributed by atoms with van der Waals surface area (Å²) in [6.07, 6.45) is 1.52. The molecule has 17 heavy (non-hydrogen) atoms. The lowest BCUT2D eigenvalue weighted by atomic mass is 9.94. The molecule has 1 amide bonds. The lowest BCUT2D eigenvalue weighted by Crippen LogP contribution is -2.47. The quantitative estimate of drug-likeness (QED) is 0.573. The molecule has 1 saturated heterocycles. The molecule has 1 aliphatic heterocycles. The van der Waals surface area contributed by atoms with Crippen LogP contribution < -0.4 is 0 Å². The average molecular weight is 262 g/mol. The van der Waals surface area contributed by atoms with Crippen molar-refractivity contribution < 1.29 is 14.3 Å². The number of carbonyl (C=O) groups excluding carboxylic acids is 2. The Bertz CT molecular complexity index is 304. The van der Waals surface area contributed by atoms with Crippen LogP contribution in [-0.2, 0) is 14.3 Å². The van der Waals surface area contributed by atoms with Crippen LogP contribution in [0.5, 0.6) is 0 Å². The van der Waals surface area contributed by atoms with Gasteiger partial charge in [0, 0.05) is 12.4 Å². The van der Waals surface area contributed by atoms with E-state index in [-0.39, 0.29) is 17.8 Å². The lowest BCUT2D eigenvalue weighted by Gasteiger charge is -2.30. The van der Waals surface area contributed by atoms with Crippen molar-refractivity contribution in [2.45, 2.75) is 39.7 Å². The van der Waals surface area contributed by atoms with Crippen molar-refractivity contribution in [3.63, 3.8) is 0 Å². The Morgan fingerprint density at radius 2 is 2.12 bits per heavy atom. The minimum Gasteiger partial charge on any atom is -0.464 e. The van der Waals surface area contributed by atoms with Crippen molar-refractivity contribution in [3.8, 4) is 0 Å². The second kappa shape index (κ2) is 5.71. The highest BCUT2D eigenvalue weighted by atomic mass is 35.5. The van der Waals surface area contributed by atoms with Crippen LogP contribution in [0.15, 0.2) is 0 Å². The number of likely N-dealkylation sites (tertiary alicyclic amines) is 1. The number of carbonyl (C=O) groups is 2. The predicted molar refractivity (Wildman–Crippen MR) is 65.9 cm³/mol. The number of rotatable bonds is 4. The summed E-state index contributed by atoms with van der Waals surface area (Å²) in [7, 11) is 0. The van der Waals surface area contributed by atoms with Gasteiger partial charge >= 0.3 is 5.97 Å². The van der Waals surface area contributed by atoms with Crippen LogP contribution >= 0.6 is 11.6 Å². The maximum atomic E-state index is 12.3. The Hall–Kier alpha value is -0.770. The Morgan fingerprint density at radius 1 is 1.47 bits per heavy atom. The zero-order chi connectivity index (χ0) is 13.1. The standard InChI is InChI=1S/C12H20ClNO3/c1-4-17-10(15)9-6-5-7-14(9)11(16)12(2,3)8-13/h9H,4-8H2,1-3H3. The highest BCUT2D eigenvalue weighted by molar-refractivity contribution is 6.19. The molecule has 0 aromatic heterocycles. The summed E-state index contributed by atoms with van der Waals surface area (Å²) in [6.45, 7) is 6.31. The van der Waals surface area contributed by atoms with Gasteiger partial charge < -0.3 is 9.64 Å². The van der Waals surface area contributed by atoms with Gasteiger partial charge in [0.1, 0.15) is 6.04 Å². The number of alkyl halides is 1. The van der Waals surface area contributed by atoms with Gasteiger partial charge in [0.25, 0.3) is 0 Å². The molecule has 1 atom stereocenters. The summed E-state index contributed by atoms with van der Waals surface area (Å²) in [4.78, 5) is 25.6. The Balaban J connectivity index is 2.76. The first-order valence-corrected chi connectivity index (χ1v) is 6.51. The van der Waals surface area contributed by atoms with Gasteiger partial charge in [-0.2, -0.15) is 0 Å². The number of ether oxygens (including phenoxy) is 1. The number of esters is 1. The molecule has 1 fully saturated rings. The topological polar surface area (TPSA) is 46.6 Å². The fraction of sp³-hybridized carbons (Fsp3) is 0.833. The molecule has 4 nitrogen and oxygen atoms in total. The first kappa shape index (κ1) is 14.3. The van der Waals surface area contributed by atoms with Crippen molar-refractivity contribution in [1.82, 2.24) is 4.90 Å². The third-order valence-electron chi connectivity index (χ3n) is 2.99. The average Bonchev–Trinajstić information content (AvgIpc) is 2.77. The lowest BCUT2D eigenvalue weighted by molar-refractivity contribution is -0.155. The Kier molecular flexibility index (Phi) is 4.80. The van der Waals surface area contributed by atoms with Crippen LogP contribution in [0.1, 0.15) is 33.6 Å². The molecule has 0 bridgehead atoms. The first-order valence-electron chi connectivity index (χ1n) is 5.97. The van der Waals surface area contributed by atoms with Gasteiger partial charge in [0.15, 0.2) is 0 Å². The first-order chi connectivity index (χ1) is 7.94. The predicted octanol–water partition coefficient (Wildman–Crippen LogP) is 1.81. The zero-order valence-corrected chi connectivity index (χ0v) is 11.4. The number of hydrogen-bond donors (Lipinski definition) is 0. The molecule has 98 valence electrons. The van der Waals surface area contributed by atoms with Crippen molar-refractivity contribution >= 4 is 23.5 Å². The minimum absolute atomic E-state index is 0.0666. The molecule has 0 saturated carbocycles.